The zero-order valence-electron chi connectivity index (χ0n) is 13.8. The van der Waals surface area contributed by atoms with Gasteiger partial charge >= 0.3 is 11.9 Å². The Morgan fingerprint density at radius 1 is 0.960 bits per heavy atom. The number of methoxy groups -OCH3 is 2. The molecule has 0 spiro atoms. The fourth-order valence-corrected chi connectivity index (χ4v) is 2.03. The first-order valence-electron chi connectivity index (χ1n) is 7.33. The number of hydrogen-bond acceptors (Lipinski definition) is 6. The quantitative estimate of drug-likeness (QED) is 0.809. The highest BCUT2D eigenvalue weighted by Gasteiger charge is 2.15. The molecule has 130 valence electrons. The molecule has 0 aliphatic rings. The van der Waals surface area contributed by atoms with Gasteiger partial charge in [-0.1, -0.05) is 18.2 Å². The summed E-state index contributed by atoms with van der Waals surface area (Å²) in [5.41, 5.74) is 0.747. The molecule has 2 aromatic carbocycles. The molecule has 0 aliphatic heterocycles. The maximum absolute atomic E-state index is 12.0. The van der Waals surface area contributed by atoms with Crippen molar-refractivity contribution in [3.05, 3.63) is 59.7 Å². The van der Waals surface area contributed by atoms with E-state index in [0.717, 1.165) is 0 Å². The molecule has 0 unspecified atom stereocenters. The lowest BCUT2D eigenvalue weighted by Gasteiger charge is -2.10. The van der Waals surface area contributed by atoms with Crippen LogP contribution in [0.5, 0.6) is 5.75 Å². The second kappa shape index (κ2) is 8.49. The van der Waals surface area contributed by atoms with Crippen molar-refractivity contribution >= 4 is 23.5 Å². The minimum absolute atomic E-state index is 0.206. The molecule has 0 aliphatic carbocycles. The molecule has 0 aromatic heterocycles. The van der Waals surface area contributed by atoms with E-state index in [2.05, 4.69) is 10.1 Å². The molecule has 2 rings (SSSR count). The zero-order valence-corrected chi connectivity index (χ0v) is 13.8. The number of para-hydroxylation sites is 1. The number of carbonyl (C=O) groups is 3. The highest BCUT2D eigenvalue weighted by atomic mass is 16.5. The summed E-state index contributed by atoms with van der Waals surface area (Å²) in [6.45, 7) is -0.494. The van der Waals surface area contributed by atoms with Crippen LogP contribution in [-0.4, -0.2) is 38.7 Å². The van der Waals surface area contributed by atoms with Gasteiger partial charge in [0, 0.05) is 0 Å². The van der Waals surface area contributed by atoms with E-state index >= 15 is 0 Å². The van der Waals surface area contributed by atoms with Gasteiger partial charge in [0.2, 0.25) is 0 Å². The summed E-state index contributed by atoms with van der Waals surface area (Å²) in [6, 6.07) is 12.8. The Balaban J connectivity index is 1.97. The lowest BCUT2D eigenvalue weighted by atomic mass is 10.2. The molecule has 25 heavy (non-hydrogen) atoms. The summed E-state index contributed by atoms with van der Waals surface area (Å²) in [7, 11) is 2.73. The van der Waals surface area contributed by atoms with Crippen LogP contribution in [0.4, 0.5) is 5.69 Å². The first kappa shape index (κ1) is 18.0. The molecule has 1 amide bonds. The molecule has 1 N–H and O–H groups in total. The highest BCUT2D eigenvalue weighted by molar-refractivity contribution is 6.02. The van der Waals surface area contributed by atoms with Crippen molar-refractivity contribution in [1.82, 2.24) is 0 Å². The first-order chi connectivity index (χ1) is 12.0. The lowest BCUT2D eigenvalue weighted by molar-refractivity contribution is -0.119. The van der Waals surface area contributed by atoms with Gasteiger partial charge in [-0.15, -0.1) is 0 Å². The number of nitrogens with one attached hydrogen (secondary N) is 1. The average molecular weight is 343 g/mol. The summed E-state index contributed by atoms with van der Waals surface area (Å²) >= 11 is 0. The molecule has 2 aromatic rings. The van der Waals surface area contributed by atoms with E-state index in [4.69, 9.17) is 9.47 Å². The van der Waals surface area contributed by atoms with Gasteiger partial charge in [0.05, 0.1) is 31.0 Å². The molecule has 0 bridgehead atoms. The lowest BCUT2D eigenvalue weighted by Crippen LogP contribution is -2.22. The summed E-state index contributed by atoms with van der Waals surface area (Å²) in [5.74, 6) is -1.31. The summed E-state index contributed by atoms with van der Waals surface area (Å²) < 4.78 is 14.6. The predicted molar refractivity (Wildman–Crippen MR) is 89.7 cm³/mol. The number of hydrogen-bond donors (Lipinski definition) is 1. The molecule has 0 heterocycles. The van der Waals surface area contributed by atoms with Crippen LogP contribution < -0.4 is 10.1 Å². The number of amides is 1. The summed E-state index contributed by atoms with van der Waals surface area (Å²) in [5, 5.41) is 2.51. The van der Waals surface area contributed by atoms with E-state index < -0.39 is 24.5 Å². The van der Waals surface area contributed by atoms with Crippen molar-refractivity contribution < 1.29 is 28.6 Å². The molecule has 0 fully saturated rings. The Morgan fingerprint density at radius 2 is 1.72 bits per heavy atom. The Hall–Kier alpha value is -3.35. The van der Waals surface area contributed by atoms with Crippen LogP contribution in [-0.2, 0) is 14.3 Å². The van der Waals surface area contributed by atoms with E-state index in [1.807, 2.05) is 0 Å². The smallest absolute Gasteiger partial charge is 0.339 e. The second-order valence-electron chi connectivity index (χ2n) is 4.89. The Morgan fingerprint density at radius 3 is 2.44 bits per heavy atom. The Kier molecular flexibility index (Phi) is 6.11. The molecule has 7 heteroatoms. The van der Waals surface area contributed by atoms with Crippen molar-refractivity contribution in [2.75, 3.05) is 26.1 Å². The number of esters is 2. The third kappa shape index (κ3) is 4.81. The van der Waals surface area contributed by atoms with Gasteiger partial charge in [0.15, 0.2) is 6.61 Å². The van der Waals surface area contributed by atoms with E-state index in [1.54, 1.807) is 36.4 Å². The maximum Gasteiger partial charge on any atom is 0.339 e. The van der Waals surface area contributed by atoms with Crippen LogP contribution >= 0.6 is 0 Å². The SMILES string of the molecule is COC(=O)c1ccccc1NC(=O)COC(=O)c1cccc(OC)c1. The Labute approximate surface area is 144 Å². The number of anilines is 1. The van der Waals surface area contributed by atoms with Crippen molar-refractivity contribution in [3.63, 3.8) is 0 Å². The molecular weight excluding hydrogens is 326 g/mol. The number of rotatable bonds is 6. The zero-order chi connectivity index (χ0) is 18.2. The average Bonchev–Trinajstić information content (AvgIpc) is 2.66. The monoisotopic (exact) mass is 343 g/mol. The standard InChI is InChI=1S/C18H17NO6/c1-23-13-7-5-6-12(10-13)17(21)25-11-16(20)19-15-9-4-3-8-14(15)18(22)24-2/h3-10H,11H2,1-2H3,(H,19,20). The number of ether oxygens (including phenoxy) is 3. The van der Waals surface area contributed by atoms with E-state index in [1.165, 1.54) is 26.4 Å². The molecule has 7 nitrogen and oxygen atoms in total. The van der Waals surface area contributed by atoms with Crippen LogP contribution in [0.1, 0.15) is 20.7 Å². The van der Waals surface area contributed by atoms with E-state index in [-0.39, 0.29) is 16.8 Å². The van der Waals surface area contributed by atoms with Gasteiger partial charge in [-0.3, -0.25) is 4.79 Å². The fraction of sp³-hybridized carbons (Fsp3) is 0.167. The highest BCUT2D eigenvalue weighted by Crippen LogP contribution is 2.16. The maximum atomic E-state index is 12.0. The van der Waals surface area contributed by atoms with Crippen molar-refractivity contribution in [3.8, 4) is 5.75 Å². The van der Waals surface area contributed by atoms with Gasteiger partial charge in [-0.2, -0.15) is 0 Å². The number of benzene rings is 2. The van der Waals surface area contributed by atoms with Crippen LogP contribution in [0.15, 0.2) is 48.5 Å². The largest absolute Gasteiger partial charge is 0.497 e. The van der Waals surface area contributed by atoms with Gasteiger partial charge in [0.1, 0.15) is 5.75 Å². The minimum atomic E-state index is -0.657. The molecule has 0 saturated carbocycles. The van der Waals surface area contributed by atoms with Crippen molar-refractivity contribution in [1.29, 1.82) is 0 Å². The fourth-order valence-electron chi connectivity index (χ4n) is 2.03. The Bertz CT molecular complexity index is 787. The molecule has 0 saturated heterocycles. The molecular formula is C18H17NO6. The third-order valence-corrected chi connectivity index (χ3v) is 3.25. The summed E-state index contributed by atoms with van der Waals surface area (Å²) in [4.78, 5) is 35.6. The molecule has 0 radical (unpaired) electrons. The van der Waals surface area contributed by atoms with E-state index in [9.17, 15) is 14.4 Å². The first-order valence-corrected chi connectivity index (χ1v) is 7.33. The van der Waals surface area contributed by atoms with Gasteiger partial charge in [-0.25, -0.2) is 9.59 Å². The normalized spacial score (nSPS) is 9.84. The number of carbonyl (C=O) groups excluding carboxylic acids is 3. The van der Waals surface area contributed by atoms with E-state index in [0.29, 0.717) is 5.75 Å². The van der Waals surface area contributed by atoms with Gasteiger partial charge in [0.25, 0.3) is 5.91 Å². The predicted octanol–water partition coefficient (Wildman–Crippen LogP) is 2.28. The van der Waals surface area contributed by atoms with Crippen LogP contribution in [0.3, 0.4) is 0 Å². The second-order valence-corrected chi connectivity index (χ2v) is 4.89. The minimum Gasteiger partial charge on any atom is -0.497 e. The molecule has 0 atom stereocenters. The van der Waals surface area contributed by atoms with Crippen molar-refractivity contribution in [2.24, 2.45) is 0 Å². The van der Waals surface area contributed by atoms with Crippen LogP contribution in [0, 0.1) is 0 Å². The third-order valence-electron chi connectivity index (χ3n) is 3.25. The van der Waals surface area contributed by atoms with Gasteiger partial charge < -0.3 is 19.5 Å². The summed E-state index contributed by atoms with van der Waals surface area (Å²) in [6.07, 6.45) is 0. The van der Waals surface area contributed by atoms with Gasteiger partial charge in [-0.05, 0) is 30.3 Å². The van der Waals surface area contributed by atoms with Crippen molar-refractivity contribution in [2.45, 2.75) is 0 Å². The van der Waals surface area contributed by atoms with Crippen LogP contribution in [0.2, 0.25) is 0 Å². The topological polar surface area (TPSA) is 90.9 Å². The van der Waals surface area contributed by atoms with Crippen LogP contribution in [0.25, 0.3) is 0 Å².